The van der Waals surface area contributed by atoms with E-state index in [0.717, 1.165) is 54.8 Å². The zero-order valence-electron chi connectivity index (χ0n) is 25.8. The second kappa shape index (κ2) is 15.4. The van der Waals surface area contributed by atoms with E-state index in [1.165, 1.54) is 0 Å². The summed E-state index contributed by atoms with van der Waals surface area (Å²) in [4.78, 5) is 30.6. The third kappa shape index (κ3) is 7.85. The third-order valence-corrected chi connectivity index (χ3v) is 8.09. The molecule has 3 aromatic carbocycles. The standard InChI is InChI=1S/C36H44N2O5/c1-5-8-11-24-42-30-18-14-27(15-19-30)33-32(35(40)36(41)38(33)23-22-37(6-2)7-3)34(39)28-16-20-31(21-17-28)43-25-29-13-10-9-12-26(29)4/h9-10,12-21,33,39H,5-8,11,22-25H2,1-4H3. The number of nitrogens with zero attached hydrogens (tertiary/aromatic N) is 2. The number of ether oxygens (including phenoxy) is 2. The molecule has 0 spiro atoms. The molecule has 3 aromatic rings. The van der Waals surface area contributed by atoms with E-state index in [4.69, 9.17) is 9.47 Å². The number of unbranched alkanes of at least 4 members (excludes halogenated alkanes) is 2. The summed E-state index contributed by atoms with van der Waals surface area (Å²) in [5, 5.41) is 11.5. The first kappa shape index (κ1) is 31.8. The first-order valence-electron chi connectivity index (χ1n) is 15.4. The van der Waals surface area contributed by atoms with Crippen molar-refractivity contribution in [1.82, 2.24) is 9.80 Å². The van der Waals surface area contributed by atoms with Crippen molar-refractivity contribution in [3.8, 4) is 11.5 Å². The van der Waals surface area contributed by atoms with Gasteiger partial charge in [0, 0.05) is 18.7 Å². The molecule has 1 aliphatic heterocycles. The number of rotatable bonds is 15. The van der Waals surface area contributed by atoms with E-state index < -0.39 is 17.7 Å². The predicted molar refractivity (Wildman–Crippen MR) is 170 cm³/mol. The highest BCUT2D eigenvalue weighted by Gasteiger charge is 2.46. The summed E-state index contributed by atoms with van der Waals surface area (Å²) in [6.45, 7) is 12.1. The van der Waals surface area contributed by atoms with E-state index in [-0.39, 0.29) is 11.3 Å². The molecule has 1 aliphatic rings. The monoisotopic (exact) mass is 584 g/mol. The molecule has 7 heteroatoms. The topological polar surface area (TPSA) is 79.3 Å². The van der Waals surface area contributed by atoms with Crippen LogP contribution in [0.5, 0.6) is 11.5 Å². The van der Waals surface area contributed by atoms with Crippen LogP contribution in [-0.4, -0.2) is 59.4 Å². The summed E-state index contributed by atoms with van der Waals surface area (Å²) in [7, 11) is 0. The molecule has 1 heterocycles. The molecule has 0 bridgehead atoms. The molecule has 0 radical (unpaired) electrons. The van der Waals surface area contributed by atoms with Crippen LogP contribution in [0, 0.1) is 6.92 Å². The van der Waals surface area contributed by atoms with Crippen molar-refractivity contribution in [1.29, 1.82) is 0 Å². The second-order valence-corrected chi connectivity index (χ2v) is 10.9. The van der Waals surface area contributed by atoms with Crippen molar-refractivity contribution in [2.75, 3.05) is 32.8 Å². The number of carbonyl (C=O) groups excluding carboxylic acids is 2. The minimum Gasteiger partial charge on any atom is -0.507 e. The first-order chi connectivity index (χ1) is 20.9. The van der Waals surface area contributed by atoms with Gasteiger partial charge < -0.3 is 24.4 Å². The van der Waals surface area contributed by atoms with Gasteiger partial charge in [0.15, 0.2) is 0 Å². The van der Waals surface area contributed by atoms with Gasteiger partial charge in [-0.15, -0.1) is 0 Å². The van der Waals surface area contributed by atoms with Gasteiger partial charge in [0.2, 0.25) is 0 Å². The highest BCUT2D eigenvalue weighted by molar-refractivity contribution is 6.46. The Morgan fingerprint density at radius 1 is 0.860 bits per heavy atom. The number of hydrogen-bond acceptors (Lipinski definition) is 6. The van der Waals surface area contributed by atoms with E-state index in [9.17, 15) is 14.7 Å². The Kier molecular flexibility index (Phi) is 11.4. The van der Waals surface area contributed by atoms with Gasteiger partial charge in [0.05, 0.1) is 18.2 Å². The summed E-state index contributed by atoms with van der Waals surface area (Å²) in [5.41, 5.74) is 3.54. The average Bonchev–Trinajstić information content (AvgIpc) is 3.28. The maximum Gasteiger partial charge on any atom is 0.295 e. The molecule has 1 atom stereocenters. The molecule has 0 aliphatic carbocycles. The lowest BCUT2D eigenvalue weighted by Gasteiger charge is -2.28. The number of aryl methyl sites for hydroxylation is 1. The lowest BCUT2D eigenvalue weighted by Crippen LogP contribution is -2.38. The highest BCUT2D eigenvalue weighted by atomic mass is 16.5. The Hall–Kier alpha value is -4.10. The van der Waals surface area contributed by atoms with Crippen molar-refractivity contribution >= 4 is 17.4 Å². The maximum absolute atomic E-state index is 13.5. The number of likely N-dealkylation sites (N-methyl/N-ethyl adjacent to an activating group) is 1. The molecule has 1 N–H and O–H groups in total. The zero-order chi connectivity index (χ0) is 30.8. The van der Waals surface area contributed by atoms with Crippen LogP contribution in [0.3, 0.4) is 0 Å². The maximum atomic E-state index is 13.5. The van der Waals surface area contributed by atoms with Crippen molar-refractivity contribution in [2.45, 2.75) is 59.6 Å². The first-order valence-corrected chi connectivity index (χ1v) is 15.4. The molecule has 4 rings (SSSR count). The number of Topliss-reactive ketones (excluding diaryl/α,β-unsaturated/α-hetero) is 1. The fourth-order valence-electron chi connectivity index (χ4n) is 5.33. The number of ketones is 1. The Labute approximate surface area is 255 Å². The molecular weight excluding hydrogens is 540 g/mol. The smallest absolute Gasteiger partial charge is 0.295 e. The minimum atomic E-state index is -0.707. The Morgan fingerprint density at radius 3 is 2.16 bits per heavy atom. The van der Waals surface area contributed by atoms with Crippen molar-refractivity contribution < 1.29 is 24.2 Å². The van der Waals surface area contributed by atoms with Crippen LogP contribution in [0.15, 0.2) is 78.4 Å². The van der Waals surface area contributed by atoms with Crippen LogP contribution in [0.1, 0.15) is 68.3 Å². The number of benzene rings is 3. The van der Waals surface area contributed by atoms with E-state index >= 15 is 0 Å². The Bertz CT molecular complexity index is 1390. The summed E-state index contributed by atoms with van der Waals surface area (Å²) >= 11 is 0. The van der Waals surface area contributed by atoms with Crippen LogP contribution in [0.4, 0.5) is 0 Å². The number of aliphatic hydroxyl groups is 1. The number of likely N-dealkylation sites (tertiary alicyclic amines) is 1. The fraction of sp³-hybridized carbons (Fsp3) is 0.389. The molecule has 0 aromatic heterocycles. The molecule has 0 saturated carbocycles. The van der Waals surface area contributed by atoms with Crippen LogP contribution in [0.2, 0.25) is 0 Å². The van der Waals surface area contributed by atoms with Gasteiger partial charge in [-0.05, 0) is 79.5 Å². The van der Waals surface area contributed by atoms with E-state index in [0.29, 0.717) is 37.6 Å². The molecule has 1 amide bonds. The Balaban J connectivity index is 1.61. The predicted octanol–water partition coefficient (Wildman–Crippen LogP) is 6.91. The Morgan fingerprint density at radius 2 is 1.51 bits per heavy atom. The quantitative estimate of drug-likeness (QED) is 0.0906. The number of amides is 1. The van der Waals surface area contributed by atoms with Crippen molar-refractivity contribution in [3.63, 3.8) is 0 Å². The fourth-order valence-corrected chi connectivity index (χ4v) is 5.33. The lowest BCUT2D eigenvalue weighted by atomic mass is 9.95. The van der Waals surface area contributed by atoms with Gasteiger partial charge in [-0.1, -0.05) is 70.0 Å². The van der Waals surface area contributed by atoms with E-state index in [1.807, 2.05) is 55.5 Å². The van der Waals surface area contributed by atoms with Crippen LogP contribution in [-0.2, 0) is 16.2 Å². The SMILES string of the molecule is CCCCCOc1ccc(C2C(=C(O)c3ccc(OCc4ccccc4C)cc3)C(=O)C(=O)N2CCN(CC)CC)cc1. The molecule has 228 valence electrons. The second-order valence-electron chi connectivity index (χ2n) is 10.9. The normalized spacial score (nSPS) is 16.2. The molecule has 43 heavy (non-hydrogen) atoms. The number of carbonyl (C=O) groups is 2. The molecule has 1 fully saturated rings. The van der Waals surface area contributed by atoms with Gasteiger partial charge in [-0.2, -0.15) is 0 Å². The third-order valence-electron chi connectivity index (χ3n) is 8.09. The van der Waals surface area contributed by atoms with Crippen LogP contribution < -0.4 is 9.47 Å². The minimum absolute atomic E-state index is 0.0924. The number of hydrogen-bond donors (Lipinski definition) is 1. The van der Waals surface area contributed by atoms with Gasteiger partial charge in [0.25, 0.3) is 11.7 Å². The summed E-state index contributed by atoms with van der Waals surface area (Å²) < 4.78 is 11.8. The molecular formula is C36H44N2O5. The number of aliphatic hydroxyl groups excluding tert-OH is 1. The highest BCUT2D eigenvalue weighted by Crippen LogP contribution is 2.40. The van der Waals surface area contributed by atoms with Gasteiger partial charge in [-0.25, -0.2) is 0 Å². The van der Waals surface area contributed by atoms with Crippen molar-refractivity contribution in [3.05, 3.63) is 101 Å². The lowest BCUT2D eigenvalue weighted by molar-refractivity contribution is -0.140. The summed E-state index contributed by atoms with van der Waals surface area (Å²) in [5.74, 6) is -0.0931. The van der Waals surface area contributed by atoms with E-state index in [1.54, 1.807) is 29.2 Å². The van der Waals surface area contributed by atoms with Gasteiger partial charge >= 0.3 is 0 Å². The van der Waals surface area contributed by atoms with E-state index in [2.05, 4.69) is 25.7 Å². The molecule has 1 unspecified atom stereocenters. The van der Waals surface area contributed by atoms with Crippen LogP contribution >= 0.6 is 0 Å². The summed E-state index contributed by atoms with van der Waals surface area (Å²) in [6.07, 6.45) is 3.22. The summed E-state index contributed by atoms with van der Waals surface area (Å²) in [6, 6.07) is 21.8. The molecule has 7 nitrogen and oxygen atoms in total. The largest absolute Gasteiger partial charge is 0.507 e. The molecule has 1 saturated heterocycles. The van der Waals surface area contributed by atoms with Crippen molar-refractivity contribution in [2.24, 2.45) is 0 Å². The van der Waals surface area contributed by atoms with Crippen LogP contribution in [0.25, 0.3) is 5.76 Å². The van der Waals surface area contributed by atoms with Gasteiger partial charge in [0.1, 0.15) is 23.9 Å². The van der Waals surface area contributed by atoms with Gasteiger partial charge in [-0.3, -0.25) is 9.59 Å². The zero-order valence-corrected chi connectivity index (χ0v) is 25.8. The average molecular weight is 585 g/mol.